The molecule has 8 heteroatoms. The molecule has 0 spiro atoms. The second kappa shape index (κ2) is 6.39. The number of aliphatic hydroxyl groups excluding tert-OH is 1. The Morgan fingerprint density at radius 3 is 2.56 bits per heavy atom. The summed E-state index contributed by atoms with van der Waals surface area (Å²) in [6, 6.07) is 0.822. The first-order chi connectivity index (χ1) is 8.43. The number of nitrogens with zero attached hydrogens (tertiary/aromatic N) is 2. The first kappa shape index (κ1) is 14.5. The molecular weight excluding hydrogens is 249 g/mol. The van der Waals surface area contributed by atoms with Crippen molar-refractivity contribution in [2.75, 3.05) is 24.2 Å². The van der Waals surface area contributed by atoms with E-state index in [9.17, 15) is 13.2 Å². The maximum absolute atomic E-state index is 12.4. The molecule has 0 amide bonds. The molecule has 1 rings (SSSR count). The molecule has 0 aromatic carbocycles. The molecule has 102 valence electrons. The van der Waals surface area contributed by atoms with Gasteiger partial charge in [0.25, 0.3) is 0 Å². The average Bonchev–Trinajstić information content (AvgIpc) is 2.27. The number of alkyl halides is 3. The van der Waals surface area contributed by atoms with E-state index in [-0.39, 0.29) is 12.4 Å². The van der Waals surface area contributed by atoms with Crippen LogP contribution in [0.15, 0.2) is 6.07 Å². The van der Waals surface area contributed by atoms with Crippen molar-refractivity contribution in [1.82, 2.24) is 9.97 Å². The van der Waals surface area contributed by atoms with Gasteiger partial charge in [0.2, 0.25) is 5.95 Å². The minimum Gasteiger partial charge on any atom is -0.396 e. The average molecular weight is 264 g/mol. The van der Waals surface area contributed by atoms with Gasteiger partial charge in [0.05, 0.1) is 0 Å². The third kappa shape index (κ3) is 4.74. The maximum Gasteiger partial charge on any atom is 0.433 e. The van der Waals surface area contributed by atoms with Gasteiger partial charge in [-0.3, -0.25) is 0 Å². The van der Waals surface area contributed by atoms with Gasteiger partial charge >= 0.3 is 6.18 Å². The van der Waals surface area contributed by atoms with E-state index in [1.807, 2.05) is 0 Å². The number of halogens is 3. The van der Waals surface area contributed by atoms with Crippen LogP contribution in [0, 0.1) is 0 Å². The number of nitrogens with two attached hydrogens (primary N) is 1. The van der Waals surface area contributed by atoms with Crippen molar-refractivity contribution in [3.8, 4) is 0 Å². The van der Waals surface area contributed by atoms with Crippen LogP contribution < -0.4 is 11.1 Å². The summed E-state index contributed by atoms with van der Waals surface area (Å²) in [4.78, 5) is 6.80. The Balaban J connectivity index is 2.58. The van der Waals surface area contributed by atoms with Gasteiger partial charge < -0.3 is 16.2 Å². The number of hydrogen-bond donors (Lipinski definition) is 3. The van der Waals surface area contributed by atoms with Crippen LogP contribution in [0.3, 0.4) is 0 Å². The molecule has 1 heterocycles. The summed E-state index contributed by atoms with van der Waals surface area (Å²) in [6.45, 7) is 0.576. The van der Waals surface area contributed by atoms with Crippen LogP contribution in [0.4, 0.5) is 24.9 Å². The predicted molar refractivity (Wildman–Crippen MR) is 60.9 cm³/mol. The summed E-state index contributed by atoms with van der Waals surface area (Å²) >= 11 is 0. The number of anilines is 2. The van der Waals surface area contributed by atoms with E-state index in [0.717, 1.165) is 18.9 Å². The Hall–Kier alpha value is -1.57. The molecule has 5 nitrogen and oxygen atoms in total. The molecular formula is C10H15F3N4O. The maximum atomic E-state index is 12.4. The summed E-state index contributed by atoms with van der Waals surface area (Å²) in [5.41, 5.74) is 4.15. The quantitative estimate of drug-likeness (QED) is 0.680. The zero-order valence-electron chi connectivity index (χ0n) is 9.67. The van der Waals surface area contributed by atoms with Crippen molar-refractivity contribution in [1.29, 1.82) is 0 Å². The molecule has 1 aromatic rings. The summed E-state index contributed by atoms with van der Waals surface area (Å²) in [6.07, 6.45) is -2.35. The minimum atomic E-state index is -4.54. The molecule has 0 unspecified atom stereocenters. The van der Waals surface area contributed by atoms with E-state index in [4.69, 9.17) is 10.8 Å². The van der Waals surface area contributed by atoms with Gasteiger partial charge in [-0.25, -0.2) is 4.98 Å². The van der Waals surface area contributed by atoms with Crippen molar-refractivity contribution >= 4 is 11.8 Å². The van der Waals surface area contributed by atoms with Gasteiger partial charge in [-0.1, -0.05) is 0 Å². The topological polar surface area (TPSA) is 84.1 Å². The van der Waals surface area contributed by atoms with Crippen molar-refractivity contribution < 1.29 is 18.3 Å². The molecule has 0 aliphatic rings. The SMILES string of the molecule is Nc1nc(NCCCCCO)cc(C(F)(F)F)n1. The van der Waals surface area contributed by atoms with E-state index in [0.29, 0.717) is 13.0 Å². The minimum absolute atomic E-state index is 0.0545. The fraction of sp³-hybridized carbons (Fsp3) is 0.600. The Labute approximate surface area is 102 Å². The number of nitrogen functional groups attached to an aromatic ring is 1. The molecule has 1 aromatic heterocycles. The number of unbranched alkanes of at least 4 members (excludes halogenated alkanes) is 2. The van der Waals surface area contributed by atoms with E-state index in [1.165, 1.54) is 0 Å². The van der Waals surface area contributed by atoms with Crippen LogP contribution in [0.2, 0.25) is 0 Å². The molecule has 0 fully saturated rings. The lowest BCUT2D eigenvalue weighted by molar-refractivity contribution is -0.141. The lowest BCUT2D eigenvalue weighted by Crippen LogP contribution is -2.13. The molecule has 18 heavy (non-hydrogen) atoms. The molecule has 0 bridgehead atoms. The lowest BCUT2D eigenvalue weighted by atomic mass is 10.2. The molecule has 0 radical (unpaired) electrons. The third-order valence-corrected chi connectivity index (χ3v) is 2.17. The van der Waals surface area contributed by atoms with Crippen LogP contribution in [-0.2, 0) is 6.18 Å². The highest BCUT2D eigenvalue weighted by atomic mass is 19.4. The number of aliphatic hydroxyl groups is 1. The summed E-state index contributed by atoms with van der Waals surface area (Å²) in [5.74, 6) is -0.360. The van der Waals surface area contributed by atoms with Crippen molar-refractivity contribution in [2.24, 2.45) is 0 Å². The first-order valence-corrected chi connectivity index (χ1v) is 5.50. The largest absolute Gasteiger partial charge is 0.433 e. The second-order valence-electron chi connectivity index (χ2n) is 3.71. The van der Waals surface area contributed by atoms with E-state index in [2.05, 4.69) is 15.3 Å². The van der Waals surface area contributed by atoms with E-state index < -0.39 is 17.8 Å². The Morgan fingerprint density at radius 1 is 1.22 bits per heavy atom. The molecule has 0 saturated carbocycles. The number of hydrogen-bond acceptors (Lipinski definition) is 5. The van der Waals surface area contributed by atoms with Crippen molar-refractivity contribution in [3.05, 3.63) is 11.8 Å². The molecule has 0 saturated heterocycles. The van der Waals surface area contributed by atoms with Crippen LogP contribution in [0.1, 0.15) is 25.0 Å². The Kier molecular flexibility index (Phi) is 5.14. The molecule has 4 N–H and O–H groups in total. The zero-order valence-corrected chi connectivity index (χ0v) is 9.67. The van der Waals surface area contributed by atoms with E-state index in [1.54, 1.807) is 0 Å². The highest BCUT2D eigenvalue weighted by Gasteiger charge is 2.33. The van der Waals surface area contributed by atoms with Crippen molar-refractivity contribution in [2.45, 2.75) is 25.4 Å². The lowest BCUT2D eigenvalue weighted by Gasteiger charge is -2.10. The third-order valence-electron chi connectivity index (χ3n) is 2.17. The van der Waals surface area contributed by atoms with Crippen LogP contribution in [0.5, 0.6) is 0 Å². The molecule has 0 aliphatic heterocycles. The second-order valence-corrected chi connectivity index (χ2v) is 3.71. The molecule has 0 aliphatic carbocycles. The predicted octanol–water partition coefficient (Wildman–Crippen LogP) is 1.65. The highest BCUT2D eigenvalue weighted by Crippen LogP contribution is 2.29. The van der Waals surface area contributed by atoms with Crippen LogP contribution in [-0.4, -0.2) is 28.2 Å². The van der Waals surface area contributed by atoms with Gasteiger partial charge in [0, 0.05) is 19.2 Å². The van der Waals surface area contributed by atoms with Gasteiger partial charge in [-0.2, -0.15) is 18.2 Å². The molecule has 0 atom stereocenters. The fourth-order valence-electron chi connectivity index (χ4n) is 1.33. The van der Waals surface area contributed by atoms with Gasteiger partial charge in [-0.15, -0.1) is 0 Å². The van der Waals surface area contributed by atoms with Gasteiger partial charge in [0.15, 0.2) is 5.69 Å². The standard InChI is InChI=1S/C10H15F3N4O/c11-10(12,13)7-6-8(17-9(14)16-7)15-4-2-1-3-5-18/h6,18H,1-5H2,(H3,14,15,16,17). The number of rotatable bonds is 6. The summed E-state index contributed by atoms with van der Waals surface area (Å²) < 4.78 is 37.3. The Bertz CT molecular complexity index is 384. The number of nitrogens with one attached hydrogen (secondary N) is 1. The number of aromatic nitrogens is 2. The van der Waals surface area contributed by atoms with Crippen LogP contribution >= 0.6 is 0 Å². The smallest absolute Gasteiger partial charge is 0.396 e. The first-order valence-electron chi connectivity index (χ1n) is 5.50. The highest BCUT2D eigenvalue weighted by molar-refractivity contribution is 5.41. The van der Waals surface area contributed by atoms with Crippen LogP contribution in [0.25, 0.3) is 0 Å². The van der Waals surface area contributed by atoms with Crippen molar-refractivity contribution in [3.63, 3.8) is 0 Å². The Morgan fingerprint density at radius 2 is 1.94 bits per heavy atom. The normalized spacial score (nSPS) is 11.6. The van der Waals surface area contributed by atoms with Gasteiger partial charge in [-0.05, 0) is 19.3 Å². The zero-order chi connectivity index (χ0) is 13.6. The summed E-state index contributed by atoms with van der Waals surface area (Å²) in [5, 5.41) is 11.3. The van der Waals surface area contributed by atoms with E-state index >= 15 is 0 Å². The summed E-state index contributed by atoms with van der Waals surface area (Å²) in [7, 11) is 0. The fourth-order valence-corrected chi connectivity index (χ4v) is 1.33. The monoisotopic (exact) mass is 264 g/mol. The van der Waals surface area contributed by atoms with Gasteiger partial charge in [0.1, 0.15) is 5.82 Å².